The third-order valence-electron chi connectivity index (χ3n) is 1.77. The lowest BCUT2D eigenvalue weighted by Crippen LogP contribution is -2.03. The summed E-state index contributed by atoms with van der Waals surface area (Å²) in [6, 6.07) is 7.30. The van der Waals surface area contributed by atoms with E-state index in [1.165, 1.54) is 7.11 Å². The summed E-state index contributed by atoms with van der Waals surface area (Å²) >= 11 is 4.06. The van der Waals surface area contributed by atoms with Crippen LogP contribution in [-0.4, -0.2) is 18.8 Å². The minimum Gasteiger partial charge on any atom is -0.465 e. The van der Waals surface area contributed by atoms with Crippen molar-refractivity contribution < 1.29 is 9.53 Å². The first-order valence-electron chi connectivity index (χ1n) is 4.24. The third-order valence-corrected chi connectivity index (χ3v) is 1.98. The second-order valence-corrected chi connectivity index (χ2v) is 3.03. The number of benzene rings is 1. The Hall–Kier alpha value is -1.22. The molecule has 0 spiro atoms. The maximum absolute atomic E-state index is 11.3. The van der Waals surface area contributed by atoms with Crippen LogP contribution in [0, 0.1) is 0 Å². The predicted molar refractivity (Wildman–Crippen MR) is 60.7 cm³/mol. The molecule has 0 amide bonds. The van der Waals surface area contributed by atoms with Gasteiger partial charge >= 0.3 is 5.97 Å². The van der Waals surface area contributed by atoms with Crippen LogP contribution in [-0.2, 0) is 4.74 Å². The summed E-state index contributed by atoms with van der Waals surface area (Å²) in [5.74, 6) is 0.333. The molecular formula is C11H12O2S. The Morgan fingerprint density at radius 1 is 1.50 bits per heavy atom. The molecule has 1 rings (SSSR count). The van der Waals surface area contributed by atoms with E-state index in [0.29, 0.717) is 11.3 Å². The first-order chi connectivity index (χ1) is 6.79. The van der Waals surface area contributed by atoms with Crippen molar-refractivity contribution in [3.05, 3.63) is 41.5 Å². The van der Waals surface area contributed by atoms with Crippen molar-refractivity contribution in [1.82, 2.24) is 0 Å². The summed E-state index contributed by atoms with van der Waals surface area (Å²) < 4.78 is 4.66. The van der Waals surface area contributed by atoms with Gasteiger partial charge in [0.1, 0.15) is 0 Å². The van der Waals surface area contributed by atoms with Crippen molar-refractivity contribution in [3.8, 4) is 0 Å². The zero-order chi connectivity index (χ0) is 10.4. The molecule has 0 unspecified atom stereocenters. The second-order valence-electron chi connectivity index (χ2n) is 2.66. The van der Waals surface area contributed by atoms with Gasteiger partial charge in [0.15, 0.2) is 0 Å². The highest BCUT2D eigenvalue weighted by atomic mass is 32.1. The van der Waals surface area contributed by atoms with Crippen molar-refractivity contribution in [2.24, 2.45) is 0 Å². The fourth-order valence-corrected chi connectivity index (χ4v) is 1.22. The molecule has 0 heterocycles. The Balaban J connectivity index is 3.03. The van der Waals surface area contributed by atoms with Crippen LogP contribution in [0.5, 0.6) is 0 Å². The molecule has 0 saturated heterocycles. The van der Waals surface area contributed by atoms with Crippen LogP contribution < -0.4 is 0 Å². The number of esters is 1. The van der Waals surface area contributed by atoms with Gasteiger partial charge in [-0.25, -0.2) is 4.79 Å². The monoisotopic (exact) mass is 208 g/mol. The number of methoxy groups -OCH3 is 1. The van der Waals surface area contributed by atoms with Crippen LogP contribution >= 0.6 is 12.6 Å². The molecule has 0 aliphatic heterocycles. The molecule has 0 radical (unpaired) electrons. The van der Waals surface area contributed by atoms with Gasteiger partial charge in [-0.05, 0) is 11.6 Å². The van der Waals surface area contributed by atoms with Gasteiger partial charge in [-0.15, -0.1) is 0 Å². The lowest BCUT2D eigenvalue weighted by molar-refractivity contribution is 0.0600. The van der Waals surface area contributed by atoms with Gasteiger partial charge in [0.2, 0.25) is 0 Å². The number of ether oxygens (including phenoxy) is 1. The van der Waals surface area contributed by atoms with Crippen LogP contribution in [0.25, 0.3) is 6.08 Å². The van der Waals surface area contributed by atoms with E-state index in [9.17, 15) is 4.79 Å². The zero-order valence-corrected chi connectivity index (χ0v) is 8.83. The van der Waals surface area contributed by atoms with Crippen molar-refractivity contribution in [2.75, 3.05) is 12.9 Å². The van der Waals surface area contributed by atoms with E-state index in [1.807, 2.05) is 30.4 Å². The van der Waals surface area contributed by atoms with Crippen LogP contribution in [0.1, 0.15) is 15.9 Å². The van der Waals surface area contributed by atoms with E-state index in [2.05, 4.69) is 17.4 Å². The summed E-state index contributed by atoms with van der Waals surface area (Å²) in [4.78, 5) is 11.3. The normalized spacial score (nSPS) is 10.4. The van der Waals surface area contributed by atoms with Gasteiger partial charge in [-0.1, -0.05) is 30.4 Å². The molecule has 1 aromatic carbocycles. The predicted octanol–water partition coefficient (Wildman–Crippen LogP) is 2.42. The van der Waals surface area contributed by atoms with Crippen LogP contribution in [0.15, 0.2) is 30.3 Å². The quantitative estimate of drug-likeness (QED) is 0.610. The molecule has 0 aliphatic rings. The van der Waals surface area contributed by atoms with E-state index < -0.39 is 0 Å². The summed E-state index contributed by atoms with van der Waals surface area (Å²) in [7, 11) is 1.38. The molecular weight excluding hydrogens is 196 g/mol. The second kappa shape index (κ2) is 5.50. The van der Waals surface area contributed by atoms with Crippen LogP contribution in [0.3, 0.4) is 0 Å². The summed E-state index contributed by atoms with van der Waals surface area (Å²) in [5, 5.41) is 0. The van der Waals surface area contributed by atoms with Crippen LogP contribution in [0.2, 0.25) is 0 Å². The first kappa shape index (κ1) is 10.9. The number of carbonyl (C=O) groups excluding carboxylic acids is 1. The van der Waals surface area contributed by atoms with E-state index in [1.54, 1.807) is 6.07 Å². The Kier molecular flexibility index (Phi) is 4.26. The molecule has 0 saturated carbocycles. The van der Waals surface area contributed by atoms with Crippen molar-refractivity contribution >= 4 is 24.7 Å². The number of hydrogen-bond donors (Lipinski definition) is 1. The molecule has 74 valence electrons. The number of hydrogen-bond acceptors (Lipinski definition) is 3. The third kappa shape index (κ3) is 2.64. The number of carbonyl (C=O) groups is 1. The SMILES string of the molecule is COC(=O)c1ccccc1C=CCS. The largest absolute Gasteiger partial charge is 0.465 e. The highest BCUT2D eigenvalue weighted by Gasteiger charge is 2.07. The summed E-state index contributed by atoms with van der Waals surface area (Å²) in [6.07, 6.45) is 3.74. The Morgan fingerprint density at radius 3 is 2.86 bits per heavy atom. The minimum atomic E-state index is -0.315. The molecule has 0 aliphatic carbocycles. The molecule has 0 aromatic heterocycles. The molecule has 1 aromatic rings. The Labute approximate surface area is 89.0 Å². The summed E-state index contributed by atoms with van der Waals surface area (Å²) in [5.41, 5.74) is 1.43. The number of rotatable bonds is 3. The fraction of sp³-hybridized carbons (Fsp3) is 0.182. The van der Waals surface area contributed by atoms with Gasteiger partial charge < -0.3 is 4.74 Å². The van der Waals surface area contributed by atoms with Crippen molar-refractivity contribution in [3.63, 3.8) is 0 Å². The molecule has 0 fully saturated rings. The van der Waals surface area contributed by atoms with E-state index in [-0.39, 0.29) is 5.97 Å². The van der Waals surface area contributed by atoms with Gasteiger partial charge in [-0.2, -0.15) is 12.6 Å². The molecule has 2 nitrogen and oxygen atoms in total. The van der Waals surface area contributed by atoms with E-state index >= 15 is 0 Å². The average molecular weight is 208 g/mol. The number of thiol groups is 1. The highest BCUT2D eigenvalue weighted by Crippen LogP contribution is 2.11. The molecule has 0 N–H and O–H groups in total. The first-order valence-corrected chi connectivity index (χ1v) is 4.87. The van der Waals surface area contributed by atoms with Gasteiger partial charge in [-0.3, -0.25) is 0 Å². The maximum atomic E-state index is 11.3. The lowest BCUT2D eigenvalue weighted by atomic mass is 10.1. The zero-order valence-electron chi connectivity index (χ0n) is 7.93. The minimum absolute atomic E-state index is 0.315. The Morgan fingerprint density at radius 2 is 2.21 bits per heavy atom. The summed E-state index contributed by atoms with van der Waals surface area (Å²) in [6.45, 7) is 0. The fourth-order valence-electron chi connectivity index (χ4n) is 1.12. The van der Waals surface area contributed by atoms with Crippen LogP contribution in [0.4, 0.5) is 0 Å². The maximum Gasteiger partial charge on any atom is 0.338 e. The van der Waals surface area contributed by atoms with E-state index in [0.717, 1.165) is 5.56 Å². The van der Waals surface area contributed by atoms with Gasteiger partial charge in [0.25, 0.3) is 0 Å². The lowest BCUT2D eigenvalue weighted by Gasteiger charge is -2.02. The van der Waals surface area contributed by atoms with Crippen molar-refractivity contribution in [1.29, 1.82) is 0 Å². The standard InChI is InChI=1S/C11H12O2S/c1-13-11(12)10-7-3-2-5-9(10)6-4-8-14/h2-7,14H,8H2,1H3. The molecule has 14 heavy (non-hydrogen) atoms. The average Bonchev–Trinajstić information content (AvgIpc) is 2.25. The Bertz CT molecular complexity index is 345. The topological polar surface area (TPSA) is 26.3 Å². The van der Waals surface area contributed by atoms with Crippen molar-refractivity contribution in [2.45, 2.75) is 0 Å². The van der Waals surface area contributed by atoms with Gasteiger partial charge in [0, 0.05) is 5.75 Å². The molecule has 0 bridgehead atoms. The molecule has 0 atom stereocenters. The molecule has 3 heteroatoms. The highest BCUT2D eigenvalue weighted by molar-refractivity contribution is 7.80. The smallest absolute Gasteiger partial charge is 0.338 e. The van der Waals surface area contributed by atoms with E-state index in [4.69, 9.17) is 0 Å². The van der Waals surface area contributed by atoms with Gasteiger partial charge in [0.05, 0.1) is 12.7 Å².